The number of hydrogen-bond donors (Lipinski definition) is 1. The first kappa shape index (κ1) is 9.35. The third-order valence-electron chi connectivity index (χ3n) is 1.54. The second kappa shape index (κ2) is 3.78. The topological polar surface area (TPSA) is 50.2 Å². The summed E-state index contributed by atoms with van der Waals surface area (Å²) in [5.74, 6) is 0.00190. The molecule has 0 amide bonds. The number of nitrogens with zero attached hydrogens (tertiary/aromatic N) is 1. The van der Waals surface area contributed by atoms with Crippen molar-refractivity contribution in [2.75, 3.05) is 0 Å². The molecule has 3 nitrogen and oxygen atoms in total. The first-order valence-corrected chi connectivity index (χ1v) is 4.61. The predicted molar refractivity (Wildman–Crippen MR) is 47.4 cm³/mol. The van der Waals surface area contributed by atoms with Gasteiger partial charge in [0.2, 0.25) is 0 Å². The van der Waals surface area contributed by atoms with E-state index in [1.54, 1.807) is 0 Å². The minimum atomic E-state index is -0.525. The highest BCUT2D eigenvalue weighted by Gasteiger charge is 2.11. The van der Waals surface area contributed by atoms with E-state index in [-0.39, 0.29) is 5.78 Å². The monoisotopic (exact) mass is 185 g/mol. The molecule has 0 spiro atoms. The van der Waals surface area contributed by atoms with Crippen molar-refractivity contribution in [3.05, 3.63) is 16.1 Å². The Bertz CT molecular complexity index is 282. The van der Waals surface area contributed by atoms with Crippen molar-refractivity contribution in [2.45, 2.75) is 26.4 Å². The van der Waals surface area contributed by atoms with Crippen molar-refractivity contribution >= 4 is 17.1 Å². The molecule has 1 atom stereocenters. The van der Waals surface area contributed by atoms with Gasteiger partial charge in [0.15, 0.2) is 5.78 Å². The molecule has 4 heteroatoms. The van der Waals surface area contributed by atoms with Crippen LogP contribution in [-0.2, 0) is 0 Å². The average molecular weight is 185 g/mol. The molecule has 1 N–H and O–H groups in total. The van der Waals surface area contributed by atoms with Crippen molar-refractivity contribution in [2.24, 2.45) is 0 Å². The molecule has 0 saturated carbocycles. The molecule has 1 unspecified atom stereocenters. The summed E-state index contributed by atoms with van der Waals surface area (Å²) in [5, 5.41) is 9.99. The fraction of sp³-hybridized carbons (Fsp3) is 0.500. The smallest absolute Gasteiger partial charge is 0.171 e. The van der Waals surface area contributed by atoms with Crippen LogP contribution < -0.4 is 0 Å². The van der Waals surface area contributed by atoms with Gasteiger partial charge in [0.25, 0.3) is 0 Å². The second-order valence-corrected chi connectivity index (χ2v) is 3.61. The summed E-state index contributed by atoms with van der Waals surface area (Å²) in [5.41, 5.74) is 0. The molecule has 0 fully saturated rings. The number of rotatable bonds is 3. The van der Waals surface area contributed by atoms with Gasteiger partial charge in [-0.15, -0.1) is 11.3 Å². The van der Waals surface area contributed by atoms with Crippen LogP contribution in [0.4, 0.5) is 0 Å². The Hall–Kier alpha value is -0.740. The second-order valence-electron chi connectivity index (χ2n) is 2.54. The number of hydrogen-bond acceptors (Lipinski definition) is 4. The zero-order valence-corrected chi connectivity index (χ0v) is 7.89. The van der Waals surface area contributed by atoms with E-state index in [1.807, 2.05) is 6.92 Å². The zero-order chi connectivity index (χ0) is 9.14. The van der Waals surface area contributed by atoms with E-state index < -0.39 is 6.10 Å². The maximum atomic E-state index is 10.9. The Morgan fingerprint density at radius 2 is 2.50 bits per heavy atom. The van der Waals surface area contributed by atoms with Gasteiger partial charge in [0.05, 0.1) is 4.88 Å². The summed E-state index contributed by atoms with van der Waals surface area (Å²) >= 11 is 1.26. The molecule has 0 aliphatic rings. The minimum absolute atomic E-state index is 0.00190. The number of thiazole rings is 1. The number of aromatic nitrogens is 1. The van der Waals surface area contributed by atoms with Crippen LogP contribution in [0.25, 0.3) is 0 Å². The summed E-state index contributed by atoms with van der Waals surface area (Å²) in [6, 6.07) is 0. The Morgan fingerprint density at radius 1 is 1.83 bits per heavy atom. The fourth-order valence-electron chi connectivity index (χ4n) is 0.779. The molecule has 0 bridgehead atoms. The van der Waals surface area contributed by atoms with Crippen LogP contribution in [0.3, 0.4) is 0 Å². The van der Waals surface area contributed by atoms with Gasteiger partial charge in [-0.05, 0) is 6.42 Å². The maximum Gasteiger partial charge on any atom is 0.171 e. The van der Waals surface area contributed by atoms with Gasteiger partial charge in [-0.3, -0.25) is 4.79 Å². The largest absolute Gasteiger partial charge is 0.386 e. The van der Waals surface area contributed by atoms with E-state index in [1.165, 1.54) is 24.5 Å². The molecular formula is C8H11NO2S. The normalized spacial score (nSPS) is 12.9. The summed E-state index contributed by atoms with van der Waals surface area (Å²) < 4.78 is 0. The van der Waals surface area contributed by atoms with Gasteiger partial charge < -0.3 is 5.11 Å². The summed E-state index contributed by atoms with van der Waals surface area (Å²) in [4.78, 5) is 15.4. The highest BCUT2D eigenvalue weighted by molar-refractivity contribution is 7.13. The van der Waals surface area contributed by atoms with Crippen LogP contribution in [0.15, 0.2) is 6.20 Å². The standard InChI is InChI=1S/C8H11NO2S/c1-3-6(11)8-9-4-7(12-8)5(2)10/h4,6,11H,3H2,1-2H3. The van der Waals surface area contributed by atoms with Gasteiger partial charge in [-0.1, -0.05) is 6.92 Å². The number of carbonyl (C=O) groups is 1. The molecule has 0 aliphatic carbocycles. The Balaban J connectivity index is 2.84. The van der Waals surface area contributed by atoms with Crippen molar-refractivity contribution < 1.29 is 9.90 Å². The molecule has 1 aromatic rings. The summed E-state index contributed by atoms with van der Waals surface area (Å²) in [6.07, 6.45) is 1.62. The molecular weight excluding hydrogens is 174 g/mol. The van der Waals surface area contributed by atoms with E-state index in [0.29, 0.717) is 16.3 Å². The molecule has 0 aromatic carbocycles. The first-order valence-electron chi connectivity index (χ1n) is 3.80. The van der Waals surface area contributed by atoms with Crippen LogP contribution >= 0.6 is 11.3 Å². The molecule has 12 heavy (non-hydrogen) atoms. The third kappa shape index (κ3) is 1.89. The Kier molecular flexibility index (Phi) is 2.94. The van der Waals surface area contributed by atoms with Crippen molar-refractivity contribution in [1.29, 1.82) is 0 Å². The number of Topliss-reactive ketones (excluding diaryl/α,β-unsaturated/α-hetero) is 1. The molecule has 1 heterocycles. The van der Waals surface area contributed by atoms with Gasteiger partial charge in [-0.2, -0.15) is 0 Å². The van der Waals surface area contributed by atoms with Crippen LogP contribution in [0.2, 0.25) is 0 Å². The average Bonchev–Trinajstić information content (AvgIpc) is 2.51. The molecule has 0 saturated heterocycles. The Morgan fingerprint density at radius 3 is 2.92 bits per heavy atom. The number of aliphatic hydroxyl groups is 1. The molecule has 0 radical (unpaired) electrons. The van der Waals surface area contributed by atoms with Crippen LogP contribution in [0.1, 0.15) is 41.1 Å². The van der Waals surface area contributed by atoms with Crippen molar-refractivity contribution in [1.82, 2.24) is 4.98 Å². The van der Waals surface area contributed by atoms with Crippen LogP contribution in [-0.4, -0.2) is 15.9 Å². The summed E-state index contributed by atoms with van der Waals surface area (Å²) in [7, 11) is 0. The lowest BCUT2D eigenvalue weighted by Gasteiger charge is -2.00. The lowest BCUT2D eigenvalue weighted by atomic mass is 10.3. The van der Waals surface area contributed by atoms with E-state index >= 15 is 0 Å². The van der Waals surface area contributed by atoms with Crippen molar-refractivity contribution in [3.8, 4) is 0 Å². The van der Waals surface area contributed by atoms with E-state index in [9.17, 15) is 9.90 Å². The minimum Gasteiger partial charge on any atom is -0.386 e. The van der Waals surface area contributed by atoms with Crippen LogP contribution in [0.5, 0.6) is 0 Å². The van der Waals surface area contributed by atoms with Gasteiger partial charge in [0.1, 0.15) is 11.1 Å². The number of aliphatic hydroxyl groups excluding tert-OH is 1. The van der Waals surface area contributed by atoms with Gasteiger partial charge in [-0.25, -0.2) is 4.98 Å². The first-order chi connectivity index (χ1) is 5.65. The SMILES string of the molecule is CCC(O)c1ncc(C(C)=O)s1. The lowest BCUT2D eigenvalue weighted by molar-refractivity contribution is 0.102. The summed E-state index contributed by atoms with van der Waals surface area (Å²) in [6.45, 7) is 3.37. The maximum absolute atomic E-state index is 10.9. The third-order valence-corrected chi connectivity index (χ3v) is 2.74. The fourth-order valence-corrected chi connectivity index (χ4v) is 1.66. The molecule has 66 valence electrons. The van der Waals surface area contributed by atoms with E-state index in [2.05, 4.69) is 4.98 Å². The molecule has 1 rings (SSSR count). The highest BCUT2D eigenvalue weighted by Crippen LogP contribution is 2.22. The number of carbonyl (C=O) groups excluding carboxylic acids is 1. The quantitative estimate of drug-likeness (QED) is 0.730. The van der Waals surface area contributed by atoms with E-state index in [4.69, 9.17) is 0 Å². The van der Waals surface area contributed by atoms with Gasteiger partial charge in [0, 0.05) is 13.1 Å². The van der Waals surface area contributed by atoms with Crippen molar-refractivity contribution in [3.63, 3.8) is 0 Å². The van der Waals surface area contributed by atoms with Crippen LogP contribution in [0, 0.1) is 0 Å². The molecule has 1 aromatic heterocycles. The molecule has 0 aliphatic heterocycles. The van der Waals surface area contributed by atoms with E-state index in [0.717, 1.165) is 0 Å². The highest BCUT2D eigenvalue weighted by atomic mass is 32.1. The Labute approximate surface area is 75.1 Å². The number of ketones is 1. The lowest BCUT2D eigenvalue weighted by Crippen LogP contribution is -1.92. The predicted octanol–water partition coefficient (Wildman–Crippen LogP) is 1.79. The zero-order valence-electron chi connectivity index (χ0n) is 7.07. The van der Waals surface area contributed by atoms with Gasteiger partial charge >= 0.3 is 0 Å².